The average Bonchev–Trinajstić information content (AvgIpc) is 2.27. The van der Waals surface area contributed by atoms with E-state index in [9.17, 15) is 18.0 Å². The molecule has 1 unspecified atom stereocenters. The molecule has 0 aliphatic carbocycles. The number of alkyl halides is 3. The minimum atomic E-state index is -4.55. The number of Topliss-reactive ketones (excluding diaryl/α,β-unsaturated/α-hetero) is 1. The summed E-state index contributed by atoms with van der Waals surface area (Å²) >= 11 is 0. The molecular weight excluding hydrogens is 233 g/mol. The van der Waals surface area contributed by atoms with Crippen LogP contribution in [0.4, 0.5) is 13.2 Å². The van der Waals surface area contributed by atoms with E-state index in [4.69, 9.17) is 5.73 Å². The number of halogens is 3. The Bertz CT molecular complexity index is 404. The number of carbonyl (C=O) groups is 1. The first-order valence-corrected chi connectivity index (χ1v) is 5.13. The Morgan fingerprint density at radius 1 is 1.53 bits per heavy atom. The third-order valence-corrected chi connectivity index (χ3v) is 2.44. The normalized spacial score (nSPS) is 13.5. The topological polar surface area (TPSA) is 56.0 Å². The van der Waals surface area contributed by atoms with Gasteiger partial charge in [0.05, 0.1) is 5.56 Å². The van der Waals surface area contributed by atoms with Crippen LogP contribution >= 0.6 is 0 Å². The van der Waals surface area contributed by atoms with Crippen LogP contribution < -0.4 is 5.73 Å². The zero-order chi connectivity index (χ0) is 13.1. The first kappa shape index (κ1) is 13.6. The van der Waals surface area contributed by atoms with Crippen LogP contribution in [0.25, 0.3) is 0 Å². The molecule has 0 saturated carbocycles. The fraction of sp³-hybridized carbons (Fsp3) is 0.455. The number of hydrogen-bond acceptors (Lipinski definition) is 3. The van der Waals surface area contributed by atoms with E-state index in [-0.39, 0.29) is 12.1 Å². The molecule has 1 atom stereocenters. The zero-order valence-corrected chi connectivity index (χ0v) is 9.29. The van der Waals surface area contributed by atoms with Gasteiger partial charge in [0.25, 0.3) is 0 Å². The molecule has 17 heavy (non-hydrogen) atoms. The molecule has 1 heterocycles. The highest BCUT2D eigenvalue weighted by atomic mass is 19.4. The Labute approximate surface area is 96.8 Å². The summed E-state index contributed by atoms with van der Waals surface area (Å²) in [6, 6.07) is 0.808. The molecule has 0 fully saturated rings. The average molecular weight is 246 g/mol. The van der Waals surface area contributed by atoms with Crippen LogP contribution in [0.1, 0.15) is 29.3 Å². The standard InChI is InChI=1S/C11H13F3N2O/c1-7(2-4-15)10(17)8-6-16-5-3-9(8)11(12,13)14/h3,5-7H,2,4,15H2,1H3. The molecular formula is C11H13F3N2O. The molecule has 0 radical (unpaired) electrons. The Hall–Kier alpha value is -1.43. The fourth-order valence-corrected chi connectivity index (χ4v) is 1.48. The van der Waals surface area contributed by atoms with Crippen molar-refractivity contribution in [2.75, 3.05) is 6.54 Å². The zero-order valence-electron chi connectivity index (χ0n) is 9.29. The van der Waals surface area contributed by atoms with Crippen LogP contribution in [0.3, 0.4) is 0 Å². The largest absolute Gasteiger partial charge is 0.417 e. The number of rotatable bonds is 4. The monoisotopic (exact) mass is 246 g/mol. The van der Waals surface area contributed by atoms with E-state index < -0.39 is 23.4 Å². The quantitative estimate of drug-likeness (QED) is 0.829. The minimum absolute atomic E-state index is 0.258. The lowest BCUT2D eigenvalue weighted by Gasteiger charge is -2.14. The van der Waals surface area contributed by atoms with Crippen LogP contribution in [-0.4, -0.2) is 17.3 Å². The van der Waals surface area contributed by atoms with Crippen molar-refractivity contribution in [2.45, 2.75) is 19.5 Å². The van der Waals surface area contributed by atoms with Gasteiger partial charge in [-0.05, 0) is 19.0 Å². The van der Waals surface area contributed by atoms with Gasteiger partial charge < -0.3 is 5.73 Å². The summed E-state index contributed by atoms with van der Waals surface area (Å²) < 4.78 is 38.0. The Morgan fingerprint density at radius 3 is 2.71 bits per heavy atom. The van der Waals surface area contributed by atoms with E-state index in [2.05, 4.69) is 4.98 Å². The van der Waals surface area contributed by atoms with Crippen molar-refractivity contribution in [2.24, 2.45) is 11.7 Å². The van der Waals surface area contributed by atoms with Crippen molar-refractivity contribution in [3.05, 3.63) is 29.6 Å². The second-order valence-electron chi connectivity index (χ2n) is 3.76. The van der Waals surface area contributed by atoms with E-state index in [1.807, 2.05) is 0 Å². The van der Waals surface area contributed by atoms with E-state index in [1.54, 1.807) is 6.92 Å². The smallest absolute Gasteiger partial charge is 0.330 e. The van der Waals surface area contributed by atoms with E-state index in [1.165, 1.54) is 0 Å². The fourth-order valence-electron chi connectivity index (χ4n) is 1.48. The lowest BCUT2D eigenvalue weighted by atomic mass is 9.94. The maximum Gasteiger partial charge on any atom is 0.417 e. The van der Waals surface area contributed by atoms with Crippen LogP contribution in [0.5, 0.6) is 0 Å². The summed E-state index contributed by atoms with van der Waals surface area (Å²) in [7, 11) is 0. The van der Waals surface area contributed by atoms with Gasteiger partial charge in [-0.15, -0.1) is 0 Å². The highest BCUT2D eigenvalue weighted by molar-refractivity contribution is 5.98. The highest BCUT2D eigenvalue weighted by Gasteiger charge is 2.35. The lowest BCUT2D eigenvalue weighted by molar-refractivity contribution is -0.138. The third kappa shape index (κ3) is 3.26. The molecule has 94 valence electrons. The lowest BCUT2D eigenvalue weighted by Crippen LogP contribution is -2.20. The van der Waals surface area contributed by atoms with Gasteiger partial charge in [-0.3, -0.25) is 9.78 Å². The highest BCUT2D eigenvalue weighted by Crippen LogP contribution is 2.32. The molecule has 1 aromatic rings. The molecule has 0 aliphatic heterocycles. The summed E-state index contributed by atoms with van der Waals surface area (Å²) in [6.45, 7) is 1.82. The van der Waals surface area contributed by atoms with Crippen LogP contribution in [0.15, 0.2) is 18.5 Å². The van der Waals surface area contributed by atoms with Crippen LogP contribution in [0.2, 0.25) is 0 Å². The van der Waals surface area contributed by atoms with Gasteiger partial charge in [-0.25, -0.2) is 0 Å². The predicted octanol–water partition coefficient (Wildman–Crippen LogP) is 2.27. The maximum atomic E-state index is 12.7. The van der Waals surface area contributed by atoms with Crippen molar-refractivity contribution in [1.82, 2.24) is 4.98 Å². The van der Waals surface area contributed by atoms with Crippen molar-refractivity contribution >= 4 is 5.78 Å². The number of ketones is 1. The second-order valence-corrected chi connectivity index (χ2v) is 3.76. The molecule has 2 N–H and O–H groups in total. The first-order chi connectivity index (χ1) is 7.88. The van der Waals surface area contributed by atoms with Gasteiger partial charge in [0, 0.05) is 23.9 Å². The summed E-state index contributed by atoms with van der Waals surface area (Å²) in [6.07, 6.45) is -2.22. The molecule has 1 rings (SSSR count). The number of nitrogens with two attached hydrogens (primary N) is 1. The van der Waals surface area contributed by atoms with Crippen LogP contribution in [-0.2, 0) is 6.18 Å². The summed E-state index contributed by atoms with van der Waals surface area (Å²) in [5.74, 6) is -1.11. The molecule has 6 heteroatoms. The molecule has 0 saturated heterocycles. The van der Waals surface area contributed by atoms with Gasteiger partial charge >= 0.3 is 6.18 Å². The van der Waals surface area contributed by atoms with Gasteiger partial charge in [0.2, 0.25) is 0 Å². The molecule has 0 amide bonds. The number of hydrogen-bond donors (Lipinski definition) is 1. The van der Waals surface area contributed by atoms with Crippen molar-refractivity contribution in [1.29, 1.82) is 0 Å². The Balaban J connectivity index is 3.10. The first-order valence-electron chi connectivity index (χ1n) is 5.13. The Morgan fingerprint density at radius 2 is 2.18 bits per heavy atom. The van der Waals surface area contributed by atoms with Crippen LogP contribution in [0, 0.1) is 5.92 Å². The van der Waals surface area contributed by atoms with Crippen molar-refractivity contribution in [3.8, 4) is 0 Å². The van der Waals surface area contributed by atoms with Gasteiger partial charge in [-0.2, -0.15) is 13.2 Å². The summed E-state index contributed by atoms with van der Waals surface area (Å²) in [5, 5.41) is 0. The van der Waals surface area contributed by atoms with E-state index in [0.717, 1.165) is 18.5 Å². The molecule has 0 bridgehead atoms. The number of nitrogens with zero attached hydrogens (tertiary/aromatic N) is 1. The second kappa shape index (κ2) is 5.27. The predicted molar refractivity (Wildman–Crippen MR) is 56.4 cm³/mol. The molecule has 3 nitrogen and oxygen atoms in total. The Kier molecular flexibility index (Phi) is 4.22. The maximum absolute atomic E-state index is 12.7. The molecule has 0 aromatic carbocycles. The summed E-state index contributed by atoms with van der Waals surface area (Å²) in [4.78, 5) is 15.4. The summed E-state index contributed by atoms with van der Waals surface area (Å²) in [5.41, 5.74) is 3.95. The SMILES string of the molecule is CC(CCN)C(=O)c1cnccc1C(F)(F)F. The van der Waals surface area contributed by atoms with Gasteiger partial charge in [0.15, 0.2) is 5.78 Å². The molecule has 1 aromatic heterocycles. The third-order valence-electron chi connectivity index (χ3n) is 2.44. The van der Waals surface area contributed by atoms with Gasteiger partial charge in [0.1, 0.15) is 0 Å². The molecule has 0 aliphatic rings. The van der Waals surface area contributed by atoms with Crippen molar-refractivity contribution < 1.29 is 18.0 Å². The minimum Gasteiger partial charge on any atom is -0.330 e. The van der Waals surface area contributed by atoms with E-state index >= 15 is 0 Å². The van der Waals surface area contributed by atoms with Crippen molar-refractivity contribution in [3.63, 3.8) is 0 Å². The molecule has 0 spiro atoms. The number of aromatic nitrogens is 1. The van der Waals surface area contributed by atoms with E-state index in [0.29, 0.717) is 6.42 Å². The number of carbonyl (C=O) groups excluding carboxylic acids is 1. The van der Waals surface area contributed by atoms with Gasteiger partial charge in [-0.1, -0.05) is 6.92 Å². The number of pyridine rings is 1.